The molecule has 0 amide bonds. The molecule has 5 nitrogen and oxygen atoms in total. The molecule has 0 bridgehead atoms. The van der Waals surface area contributed by atoms with Gasteiger partial charge in [0.1, 0.15) is 7.60 Å². The van der Waals surface area contributed by atoms with Gasteiger partial charge in [0.05, 0.1) is 0 Å². The molecule has 0 saturated heterocycles. The van der Waals surface area contributed by atoms with E-state index in [-0.39, 0.29) is 48.7 Å². The number of rotatable bonds is 4. The molecule has 0 radical (unpaired) electrons. The van der Waals surface area contributed by atoms with Gasteiger partial charge >= 0.3 is 29.6 Å². The number of nitrogens with one attached hydrogen (secondary N) is 1. The number of hydrogen-bond donors (Lipinski definition) is 3. The van der Waals surface area contributed by atoms with Crippen LogP contribution in [0.15, 0.2) is 0 Å². The van der Waals surface area contributed by atoms with E-state index in [2.05, 4.69) is 0 Å². The Labute approximate surface area is 81.2 Å². The van der Waals surface area contributed by atoms with Crippen molar-refractivity contribution in [3.63, 3.8) is 0 Å². The van der Waals surface area contributed by atoms with Crippen LogP contribution in [0.2, 0.25) is 0 Å². The van der Waals surface area contributed by atoms with Gasteiger partial charge in [0.15, 0.2) is 0 Å². The van der Waals surface area contributed by atoms with Gasteiger partial charge in [-0.25, -0.2) is 5.48 Å². The second kappa shape index (κ2) is 6.76. The molecule has 0 spiro atoms. The zero-order valence-electron chi connectivity index (χ0n) is 5.78. The van der Waals surface area contributed by atoms with Crippen molar-refractivity contribution < 1.29 is 49.1 Å². The summed E-state index contributed by atoms with van der Waals surface area (Å²) in [6.45, 7) is 0.173. The molecule has 3 N–H and O–H groups in total. The fraction of sp³-hybridized carbons (Fsp3) is 1.00. The fourth-order valence-electron chi connectivity index (χ4n) is 0.358. The SMILES string of the molecule is O=P([O-])(O)CCCNO.[Na+]. The third kappa shape index (κ3) is 11.8. The minimum absolute atomic E-state index is 0. The molecule has 0 aromatic rings. The van der Waals surface area contributed by atoms with Crippen LogP contribution in [0.4, 0.5) is 0 Å². The first-order chi connectivity index (χ1) is 4.06. The van der Waals surface area contributed by atoms with E-state index in [0.29, 0.717) is 0 Å². The van der Waals surface area contributed by atoms with Crippen LogP contribution in [-0.2, 0) is 4.57 Å². The average molecular weight is 177 g/mol. The van der Waals surface area contributed by atoms with Crippen molar-refractivity contribution in [2.45, 2.75) is 6.42 Å². The van der Waals surface area contributed by atoms with Crippen LogP contribution in [0.3, 0.4) is 0 Å². The van der Waals surface area contributed by atoms with Gasteiger partial charge in [-0.1, -0.05) is 0 Å². The maximum Gasteiger partial charge on any atom is 1.00 e. The Morgan fingerprint density at radius 2 is 2.10 bits per heavy atom. The number of hydrogen-bond acceptors (Lipinski definition) is 4. The topological polar surface area (TPSA) is 92.6 Å². The Balaban J connectivity index is 0. The summed E-state index contributed by atoms with van der Waals surface area (Å²) in [6.07, 6.45) is -0.0751. The molecule has 0 saturated carbocycles. The zero-order chi connectivity index (χ0) is 7.33. The number of hydroxylamine groups is 1. The summed E-state index contributed by atoms with van der Waals surface area (Å²) in [5.41, 5.74) is 1.77. The second-order valence-corrected chi connectivity index (χ2v) is 3.34. The summed E-state index contributed by atoms with van der Waals surface area (Å²) in [4.78, 5) is 18.1. The Hall–Kier alpha value is 1.07. The first-order valence-electron chi connectivity index (χ1n) is 2.46. The smallest absolute Gasteiger partial charge is 0.779 e. The molecule has 1 atom stereocenters. The van der Waals surface area contributed by atoms with Crippen LogP contribution >= 0.6 is 7.60 Å². The zero-order valence-corrected chi connectivity index (χ0v) is 8.67. The van der Waals surface area contributed by atoms with E-state index in [1.54, 1.807) is 5.48 Å². The van der Waals surface area contributed by atoms with Crippen molar-refractivity contribution in [2.24, 2.45) is 0 Å². The maximum atomic E-state index is 9.98. The molecule has 7 heteroatoms. The normalized spacial score (nSPS) is 15.5. The van der Waals surface area contributed by atoms with Gasteiger partial charge in [-0.15, -0.1) is 0 Å². The van der Waals surface area contributed by atoms with E-state index in [4.69, 9.17) is 10.1 Å². The van der Waals surface area contributed by atoms with Crippen LogP contribution in [0.5, 0.6) is 0 Å². The Morgan fingerprint density at radius 1 is 1.60 bits per heavy atom. The monoisotopic (exact) mass is 177 g/mol. The van der Waals surface area contributed by atoms with E-state index in [1.165, 1.54) is 0 Å². The molecule has 0 aromatic carbocycles. The quantitative estimate of drug-likeness (QED) is 0.176. The van der Waals surface area contributed by atoms with Gasteiger partial charge in [-0.3, -0.25) is 0 Å². The van der Waals surface area contributed by atoms with Crippen LogP contribution in [0.25, 0.3) is 0 Å². The van der Waals surface area contributed by atoms with Crippen LogP contribution < -0.4 is 39.9 Å². The molecule has 0 rings (SSSR count). The molecule has 0 aliphatic rings. The van der Waals surface area contributed by atoms with Gasteiger partial charge < -0.3 is 19.6 Å². The standard InChI is InChI=1S/C3H10NO4P.Na/c5-4-2-1-3-9(6,7)8;/h4-5H,1-3H2,(H2,6,7,8);/q;+1/p-1. The maximum absolute atomic E-state index is 9.98. The molecule has 0 aliphatic carbocycles. The summed E-state index contributed by atoms with van der Waals surface area (Å²) >= 11 is 0. The van der Waals surface area contributed by atoms with Gasteiger partial charge in [-0.05, 0) is 6.42 Å². The van der Waals surface area contributed by atoms with E-state index in [1.807, 2.05) is 0 Å². The van der Waals surface area contributed by atoms with Gasteiger partial charge in [0, 0.05) is 12.7 Å². The largest absolute Gasteiger partial charge is 1.00 e. The Kier molecular flexibility index (Phi) is 9.22. The first kappa shape index (κ1) is 13.6. The molecule has 0 heterocycles. The van der Waals surface area contributed by atoms with Crippen molar-refractivity contribution in [3.8, 4) is 0 Å². The molecule has 1 unspecified atom stereocenters. The molecule has 56 valence electrons. The summed E-state index contributed by atoms with van der Waals surface area (Å²) < 4.78 is 9.98. The summed E-state index contributed by atoms with van der Waals surface area (Å²) in [5.74, 6) is 0. The minimum atomic E-state index is -4.10. The van der Waals surface area contributed by atoms with E-state index < -0.39 is 7.60 Å². The molecule has 10 heavy (non-hydrogen) atoms. The molecular weight excluding hydrogens is 168 g/mol. The average Bonchev–Trinajstić information content (AvgIpc) is 1.63. The predicted molar refractivity (Wildman–Crippen MR) is 29.1 cm³/mol. The van der Waals surface area contributed by atoms with Gasteiger partial charge in [0.25, 0.3) is 0 Å². The van der Waals surface area contributed by atoms with E-state index in [9.17, 15) is 9.46 Å². The predicted octanol–water partition coefficient (Wildman–Crippen LogP) is -4.09. The van der Waals surface area contributed by atoms with Crippen molar-refractivity contribution >= 4 is 7.60 Å². The Morgan fingerprint density at radius 3 is 2.40 bits per heavy atom. The van der Waals surface area contributed by atoms with Crippen molar-refractivity contribution in [1.82, 2.24) is 5.48 Å². The van der Waals surface area contributed by atoms with Crippen LogP contribution in [-0.4, -0.2) is 22.8 Å². The molecule has 0 fully saturated rings. The van der Waals surface area contributed by atoms with Crippen molar-refractivity contribution in [3.05, 3.63) is 0 Å². The first-order valence-corrected chi connectivity index (χ1v) is 4.22. The van der Waals surface area contributed by atoms with Crippen molar-refractivity contribution in [1.29, 1.82) is 0 Å². The molecule has 0 aliphatic heterocycles. The van der Waals surface area contributed by atoms with Gasteiger partial charge in [-0.2, -0.15) is 0 Å². The van der Waals surface area contributed by atoms with Crippen LogP contribution in [0, 0.1) is 0 Å². The minimum Gasteiger partial charge on any atom is -0.779 e. The molecular formula is C3H9NNaO4P. The summed E-state index contributed by atoms with van der Waals surface area (Å²) in [6, 6.07) is 0. The van der Waals surface area contributed by atoms with Crippen LogP contribution in [0.1, 0.15) is 6.42 Å². The van der Waals surface area contributed by atoms with Gasteiger partial charge in [0.2, 0.25) is 0 Å². The Bertz CT molecular complexity index is 115. The molecule has 0 aromatic heterocycles. The van der Waals surface area contributed by atoms with E-state index >= 15 is 0 Å². The van der Waals surface area contributed by atoms with E-state index in [0.717, 1.165) is 0 Å². The third-order valence-electron chi connectivity index (χ3n) is 0.729. The fourth-order valence-corrected chi connectivity index (χ4v) is 0.916. The third-order valence-corrected chi connectivity index (χ3v) is 1.61. The summed E-state index contributed by atoms with van der Waals surface area (Å²) in [5, 5.41) is 7.94. The van der Waals surface area contributed by atoms with Crippen molar-refractivity contribution in [2.75, 3.05) is 12.7 Å². The summed E-state index contributed by atoms with van der Waals surface area (Å²) in [7, 11) is -4.10. The second-order valence-electron chi connectivity index (χ2n) is 1.62.